The molecule has 8 heteroatoms. The van der Waals surface area contributed by atoms with Crippen LogP contribution < -0.4 is 5.32 Å². The van der Waals surface area contributed by atoms with Crippen LogP contribution in [0.25, 0.3) is 0 Å². The first kappa shape index (κ1) is 17.4. The molecule has 0 unspecified atom stereocenters. The fourth-order valence-corrected chi connectivity index (χ4v) is 2.04. The minimum Gasteiger partial charge on any atom is -0.473 e. The van der Waals surface area contributed by atoms with Crippen molar-refractivity contribution in [2.75, 3.05) is 13.1 Å². The number of amides is 1. The van der Waals surface area contributed by atoms with Crippen LogP contribution in [-0.2, 0) is 16.1 Å². The van der Waals surface area contributed by atoms with E-state index in [0.717, 1.165) is 25.1 Å². The number of carbonyl (C=O) groups is 3. The van der Waals surface area contributed by atoms with Crippen LogP contribution >= 0.6 is 0 Å². The Morgan fingerprint density at radius 3 is 2.09 bits per heavy atom. The van der Waals surface area contributed by atoms with Gasteiger partial charge in [-0.1, -0.05) is 30.3 Å². The maximum atomic E-state index is 11.2. The van der Waals surface area contributed by atoms with Crippen molar-refractivity contribution in [3.63, 3.8) is 0 Å². The summed E-state index contributed by atoms with van der Waals surface area (Å²) in [6.45, 7) is 2.14. The van der Waals surface area contributed by atoms with E-state index in [0.29, 0.717) is 6.54 Å². The number of hydrogen-bond donors (Lipinski definition) is 4. The molecule has 0 saturated carbocycles. The van der Waals surface area contributed by atoms with Crippen LogP contribution in [0.15, 0.2) is 30.3 Å². The van der Waals surface area contributed by atoms with Crippen LogP contribution in [0.4, 0.5) is 4.79 Å². The first-order chi connectivity index (χ1) is 10.4. The summed E-state index contributed by atoms with van der Waals surface area (Å²) in [5.41, 5.74) is 1.04. The molecule has 1 amide bonds. The Labute approximate surface area is 127 Å². The topological polar surface area (TPSA) is 127 Å². The summed E-state index contributed by atoms with van der Waals surface area (Å²) in [5.74, 6) is -3.65. The van der Waals surface area contributed by atoms with Gasteiger partial charge in [-0.05, 0) is 18.5 Å². The molecule has 0 bridgehead atoms. The van der Waals surface area contributed by atoms with E-state index in [1.165, 1.54) is 4.90 Å². The van der Waals surface area contributed by atoms with Gasteiger partial charge in [0.2, 0.25) is 0 Å². The average molecular weight is 310 g/mol. The highest BCUT2D eigenvalue weighted by molar-refractivity contribution is 6.27. The lowest BCUT2D eigenvalue weighted by Crippen LogP contribution is -2.40. The highest BCUT2D eigenvalue weighted by atomic mass is 16.4. The first-order valence-electron chi connectivity index (χ1n) is 6.62. The maximum absolute atomic E-state index is 11.2. The number of carboxylic acid groups (broad SMARTS) is 3. The van der Waals surface area contributed by atoms with E-state index in [4.69, 9.17) is 19.8 Å². The van der Waals surface area contributed by atoms with Crippen LogP contribution in [0.3, 0.4) is 0 Å². The van der Waals surface area contributed by atoms with Crippen molar-refractivity contribution in [3.05, 3.63) is 35.9 Å². The van der Waals surface area contributed by atoms with Gasteiger partial charge in [0.05, 0.1) is 0 Å². The van der Waals surface area contributed by atoms with E-state index < -0.39 is 18.0 Å². The van der Waals surface area contributed by atoms with Gasteiger partial charge in [-0.15, -0.1) is 0 Å². The summed E-state index contributed by atoms with van der Waals surface area (Å²) in [4.78, 5) is 30.9. The number of nitrogens with one attached hydrogen (secondary N) is 1. The van der Waals surface area contributed by atoms with Gasteiger partial charge in [-0.3, -0.25) is 4.90 Å². The second-order valence-corrected chi connectivity index (χ2v) is 4.65. The van der Waals surface area contributed by atoms with Crippen LogP contribution in [0.1, 0.15) is 12.0 Å². The quantitative estimate of drug-likeness (QED) is 0.605. The molecule has 1 aromatic carbocycles. The number of carboxylic acids is 2. The Morgan fingerprint density at radius 2 is 1.68 bits per heavy atom. The number of hydrogen-bond acceptors (Lipinski definition) is 4. The SMILES string of the molecule is O=C(O)C(=O)O.O=C(O)N(Cc1ccccc1)[C@@H]1CCNC1. The third kappa shape index (κ3) is 5.80. The predicted octanol–water partition coefficient (Wildman–Crippen LogP) is 0.684. The Bertz CT molecular complexity index is 501. The fraction of sp³-hybridized carbons (Fsp3) is 0.357. The minimum absolute atomic E-state index is 0.109. The minimum atomic E-state index is -1.82. The number of rotatable bonds is 3. The van der Waals surface area contributed by atoms with E-state index in [1.54, 1.807) is 0 Å². The van der Waals surface area contributed by atoms with Crippen LogP contribution in [-0.4, -0.2) is 57.4 Å². The second kappa shape index (κ2) is 8.63. The van der Waals surface area contributed by atoms with Crippen LogP contribution in [0.5, 0.6) is 0 Å². The smallest absolute Gasteiger partial charge is 0.414 e. The Hall–Kier alpha value is -2.61. The normalized spacial score (nSPS) is 16.3. The molecule has 4 N–H and O–H groups in total. The Morgan fingerprint density at radius 1 is 1.09 bits per heavy atom. The number of nitrogens with zero attached hydrogens (tertiary/aromatic N) is 1. The van der Waals surface area contributed by atoms with Crippen LogP contribution in [0, 0.1) is 0 Å². The van der Waals surface area contributed by atoms with Crippen molar-refractivity contribution >= 4 is 18.0 Å². The molecule has 1 aliphatic heterocycles. The molecule has 1 atom stereocenters. The van der Waals surface area contributed by atoms with Gasteiger partial charge >= 0.3 is 18.0 Å². The lowest BCUT2D eigenvalue weighted by Gasteiger charge is -2.25. The third-order valence-electron chi connectivity index (χ3n) is 3.10. The second-order valence-electron chi connectivity index (χ2n) is 4.65. The van der Waals surface area contributed by atoms with E-state index in [9.17, 15) is 9.90 Å². The van der Waals surface area contributed by atoms with E-state index in [2.05, 4.69) is 5.32 Å². The van der Waals surface area contributed by atoms with Crippen molar-refractivity contribution in [1.82, 2.24) is 10.2 Å². The molecule has 22 heavy (non-hydrogen) atoms. The number of aliphatic carboxylic acids is 2. The predicted molar refractivity (Wildman–Crippen MR) is 76.6 cm³/mol. The highest BCUT2D eigenvalue weighted by Gasteiger charge is 2.25. The van der Waals surface area contributed by atoms with E-state index >= 15 is 0 Å². The van der Waals surface area contributed by atoms with Gasteiger partial charge in [0.25, 0.3) is 0 Å². The maximum Gasteiger partial charge on any atom is 0.414 e. The molecule has 120 valence electrons. The molecule has 0 spiro atoms. The molecule has 0 aliphatic carbocycles. The molecule has 1 fully saturated rings. The van der Waals surface area contributed by atoms with Crippen molar-refractivity contribution in [1.29, 1.82) is 0 Å². The molecule has 1 saturated heterocycles. The first-order valence-corrected chi connectivity index (χ1v) is 6.62. The summed E-state index contributed by atoms with van der Waals surface area (Å²) in [7, 11) is 0. The largest absolute Gasteiger partial charge is 0.473 e. The Balaban J connectivity index is 0.000000346. The van der Waals surface area contributed by atoms with Crippen molar-refractivity contribution in [2.24, 2.45) is 0 Å². The van der Waals surface area contributed by atoms with E-state index in [-0.39, 0.29) is 6.04 Å². The zero-order valence-corrected chi connectivity index (χ0v) is 11.8. The van der Waals surface area contributed by atoms with Crippen molar-refractivity contribution < 1.29 is 29.7 Å². The van der Waals surface area contributed by atoms with Crippen molar-refractivity contribution in [2.45, 2.75) is 19.0 Å². The average Bonchev–Trinajstić information content (AvgIpc) is 3.00. The fourth-order valence-electron chi connectivity index (χ4n) is 2.04. The standard InChI is InChI=1S/C12H16N2O2.C2H2O4/c15-12(16)14(11-6-7-13-8-11)9-10-4-2-1-3-5-10;3-1(4)2(5)6/h1-5,11,13H,6-9H2,(H,15,16);(H,3,4)(H,5,6)/t11-;/m1./s1. The number of benzene rings is 1. The van der Waals surface area contributed by atoms with Gasteiger partial charge in [-0.2, -0.15) is 0 Å². The molecule has 1 heterocycles. The van der Waals surface area contributed by atoms with Gasteiger partial charge in [-0.25, -0.2) is 14.4 Å². The zero-order valence-electron chi connectivity index (χ0n) is 11.8. The van der Waals surface area contributed by atoms with Gasteiger partial charge in [0.1, 0.15) is 0 Å². The molecule has 1 aromatic rings. The summed E-state index contributed by atoms with van der Waals surface area (Å²) < 4.78 is 0. The molecule has 8 nitrogen and oxygen atoms in total. The molecule has 0 aromatic heterocycles. The molecule has 1 aliphatic rings. The molecular formula is C14H18N2O6. The molecule has 2 rings (SSSR count). The summed E-state index contributed by atoms with van der Waals surface area (Å²) in [5, 5.41) is 27.2. The molecule has 0 radical (unpaired) electrons. The van der Waals surface area contributed by atoms with Gasteiger partial charge in [0, 0.05) is 19.1 Å². The third-order valence-corrected chi connectivity index (χ3v) is 3.10. The summed E-state index contributed by atoms with van der Waals surface area (Å²) in [6.07, 6.45) is 0.0663. The summed E-state index contributed by atoms with van der Waals surface area (Å²) in [6, 6.07) is 9.82. The Kier molecular flexibility index (Phi) is 6.84. The lowest BCUT2D eigenvalue weighted by atomic mass is 10.1. The van der Waals surface area contributed by atoms with E-state index in [1.807, 2.05) is 30.3 Å². The monoisotopic (exact) mass is 310 g/mol. The molecular weight excluding hydrogens is 292 g/mol. The van der Waals surface area contributed by atoms with Gasteiger partial charge < -0.3 is 20.6 Å². The van der Waals surface area contributed by atoms with Crippen LogP contribution in [0.2, 0.25) is 0 Å². The zero-order chi connectivity index (χ0) is 16.5. The van der Waals surface area contributed by atoms with Gasteiger partial charge in [0.15, 0.2) is 0 Å². The highest BCUT2D eigenvalue weighted by Crippen LogP contribution is 2.13. The lowest BCUT2D eigenvalue weighted by molar-refractivity contribution is -0.159. The summed E-state index contributed by atoms with van der Waals surface area (Å²) >= 11 is 0. The van der Waals surface area contributed by atoms with Crippen molar-refractivity contribution in [3.8, 4) is 0 Å².